The summed E-state index contributed by atoms with van der Waals surface area (Å²) in [7, 11) is 0. The molecule has 2 heterocycles. The molecule has 1 aliphatic heterocycles. The fraction of sp³-hybridized carbons (Fsp3) is 0.250. The number of benzene rings is 1. The lowest BCUT2D eigenvalue weighted by Crippen LogP contribution is -2.44. The first kappa shape index (κ1) is 12.8. The lowest BCUT2D eigenvalue weighted by molar-refractivity contribution is -0.118. The van der Waals surface area contributed by atoms with Crippen LogP contribution in [0.3, 0.4) is 0 Å². The van der Waals surface area contributed by atoms with Crippen molar-refractivity contribution in [2.24, 2.45) is 0 Å². The summed E-state index contributed by atoms with van der Waals surface area (Å²) in [6.07, 6.45) is 2.47. The van der Waals surface area contributed by atoms with E-state index in [1.807, 2.05) is 31.2 Å². The number of fused-ring (bicyclic) bond motifs is 1. The number of pyridine rings is 1. The summed E-state index contributed by atoms with van der Waals surface area (Å²) in [4.78, 5) is 16.4. The van der Waals surface area contributed by atoms with Crippen LogP contribution in [0.1, 0.15) is 16.7 Å². The number of carbonyl (C=O) groups excluding carboxylic acids is 1. The molecule has 1 amide bonds. The summed E-state index contributed by atoms with van der Waals surface area (Å²) in [5.74, 6) is 0.567. The molecule has 2 N–H and O–H groups in total. The third kappa shape index (κ3) is 2.70. The minimum atomic E-state index is -0.201. The summed E-state index contributed by atoms with van der Waals surface area (Å²) in [6, 6.07) is 11.8. The zero-order valence-corrected chi connectivity index (χ0v) is 11.4. The number of hydrogen-bond acceptors (Lipinski definition) is 3. The Morgan fingerprint density at radius 3 is 2.80 bits per heavy atom. The van der Waals surface area contributed by atoms with Gasteiger partial charge in [-0.05, 0) is 36.1 Å². The highest BCUT2D eigenvalue weighted by molar-refractivity contribution is 5.94. The Morgan fingerprint density at radius 2 is 2.05 bits per heavy atom. The number of amides is 1. The zero-order chi connectivity index (χ0) is 13.9. The van der Waals surface area contributed by atoms with Crippen molar-refractivity contribution in [1.82, 2.24) is 10.3 Å². The first-order valence-corrected chi connectivity index (χ1v) is 6.76. The highest BCUT2D eigenvalue weighted by Crippen LogP contribution is 2.17. The van der Waals surface area contributed by atoms with Crippen molar-refractivity contribution in [2.45, 2.75) is 25.9 Å². The number of carbonyl (C=O) groups is 1. The number of aromatic nitrogens is 1. The molecular weight excluding hydrogens is 250 g/mol. The van der Waals surface area contributed by atoms with Crippen LogP contribution in [-0.4, -0.2) is 16.9 Å². The summed E-state index contributed by atoms with van der Waals surface area (Å²) < 4.78 is 0. The maximum atomic E-state index is 12.2. The van der Waals surface area contributed by atoms with Crippen LogP contribution in [0.5, 0.6) is 0 Å². The number of nitrogens with one attached hydrogen (secondary N) is 2. The first-order chi connectivity index (χ1) is 9.72. The van der Waals surface area contributed by atoms with E-state index in [4.69, 9.17) is 0 Å². The van der Waals surface area contributed by atoms with Crippen LogP contribution in [0, 0.1) is 6.92 Å². The molecule has 1 aliphatic rings. The van der Waals surface area contributed by atoms with Gasteiger partial charge in [-0.1, -0.05) is 30.3 Å². The summed E-state index contributed by atoms with van der Waals surface area (Å²) in [5.41, 5.74) is 3.58. The molecule has 1 aromatic carbocycles. The van der Waals surface area contributed by atoms with Crippen LogP contribution in [0.4, 0.5) is 5.82 Å². The average molecular weight is 267 g/mol. The van der Waals surface area contributed by atoms with Gasteiger partial charge in [0.15, 0.2) is 0 Å². The minimum absolute atomic E-state index is 0.0316. The van der Waals surface area contributed by atoms with Crippen LogP contribution < -0.4 is 10.6 Å². The van der Waals surface area contributed by atoms with E-state index in [1.165, 1.54) is 11.1 Å². The Hall–Kier alpha value is -2.20. The lowest BCUT2D eigenvalue weighted by Gasteiger charge is -2.25. The molecule has 102 valence electrons. The molecule has 0 saturated heterocycles. The molecule has 0 radical (unpaired) electrons. The third-order valence-corrected chi connectivity index (χ3v) is 3.56. The minimum Gasteiger partial charge on any atom is -0.309 e. The maximum Gasteiger partial charge on any atom is 0.243 e. The number of rotatable bonds is 2. The Morgan fingerprint density at radius 1 is 1.25 bits per heavy atom. The molecular formula is C16H17N3O. The van der Waals surface area contributed by atoms with Crippen molar-refractivity contribution in [3.05, 3.63) is 59.3 Å². The van der Waals surface area contributed by atoms with Gasteiger partial charge in [0.25, 0.3) is 0 Å². The van der Waals surface area contributed by atoms with Gasteiger partial charge in [-0.2, -0.15) is 0 Å². The topological polar surface area (TPSA) is 54.0 Å². The summed E-state index contributed by atoms with van der Waals surface area (Å²) >= 11 is 0. The van der Waals surface area contributed by atoms with Crippen molar-refractivity contribution in [1.29, 1.82) is 0 Å². The van der Waals surface area contributed by atoms with Gasteiger partial charge in [0.2, 0.25) is 5.91 Å². The van der Waals surface area contributed by atoms with Crippen molar-refractivity contribution in [3.8, 4) is 0 Å². The standard InChI is InChI=1S/C16H17N3O/c1-11-6-7-15(18-9-11)19-16(20)14-8-12-4-2-3-5-13(12)10-17-14/h2-7,9,14,17H,8,10H2,1H3,(H,18,19,20)/t14-/m0/s1. The molecule has 1 aromatic heterocycles. The van der Waals surface area contributed by atoms with E-state index in [-0.39, 0.29) is 11.9 Å². The monoisotopic (exact) mass is 267 g/mol. The van der Waals surface area contributed by atoms with Crippen LogP contribution in [0.2, 0.25) is 0 Å². The summed E-state index contributed by atoms with van der Waals surface area (Å²) in [5, 5.41) is 6.12. The van der Waals surface area contributed by atoms with Crippen LogP contribution >= 0.6 is 0 Å². The van der Waals surface area contributed by atoms with Crippen molar-refractivity contribution in [3.63, 3.8) is 0 Å². The molecule has 0 saturated carbocycles. The van der Waals surface area contributed by atoms with Crippen LogP contribution in [0.25, 0.3) is 0 Å². The lowest BCUT2D eigenvalue weighted by atomic mass is 9.95. The van der Waals surface area contributed by atoms with E-state index in [9.17, 15) is 4.79 Å². The molecule has 4 nitrogen and oxygen atoms in total. The second kappa shape index (κ2) is 5.43. The van der Waals surface area contributed by atoms with E-state index >= 15 is 0 Å². The average Bonchev–Trinajstić information content (AvgIpc) is 2.49. The second-order valence-corrected chi connectivity index (χ2v) is 5.12. The molecule has 0 aliphatic carbocycles. The van der Waals surface area contributed by atoms with Gasteiger partial charge in [-0.15, -0.1) is 0 Å². The fourth-order valence-electron chi connectivity index (χ4n) is 2.39. The molecule has 20 heavy (non-hydrogen) atoms. The number of anilines is 1. The fourth-order valence-corrected chi connectivity index (χ4v) is 2.39. The highest BCUT2D eigenvalue weighted by Gasteiger charge is 2.23. The molecule has 4 heteroatoms. The summed E-state index contributed by atoms with van der Waals surface area (Å²) in [6.45, 7) is 2.70. The van der Waals surface area contributed by atoms with Gasteiger partial charge >= 0.3 is 0 Å². The molecule has 2 aromatic rings. The molecule has 1 atom stereocenters. The van der Waals surface area contributed by atoms with Gasteiger partial charge in [-0.25, -0.2) is 4.98 Å². The first-order valence-electron chi connectivity index (χ1n) is 6.76. The van der Waals surface area contributed by atoms with E-state index in [0.29, 0.717) is 12.2 Å². The Kier molecular flexibility index (Phi) is 3.48. The predicted octanol–water partition coefficient (Wildman–Crippen LogP) is 2.04. The van der Waals surface area contributed by atoms with Crippen molar-refractivity contribution < 1.29 is 4.79 Å². The maximum absolute atomic E-state index is 12.2. The molecule has 0 fully saturated rings. The van der Waals surface area contributed by atoms with Crippen LogP contribution in [0.15, 0.2) is 42.6 Å². The van der Waals surface area contributed by atoms with Crippen molar-refractivity contribution >= 4 is 11.7 Å². The van der Waals surface area contributed by atoms with Gasteiger partial charge in [0, 0.05) is 12.7 Å². The van der Waals surface area contributed by atoms with Crippen molar-refractivity contribution in [2.75, 3.05) is 5.32 Å². The molecule has 0 unspecified atom stereocenters. The van der Waals surface area contributed by atoms with Gasteiger partial charge in [0.1, 0.15) is 5.82 Å². The third-order valence-electron chi connectivity index (χ3n) is 3.56. The van der Waals surface area contributed by atoms with E-state index in [0.717, 1.165) is 12.1 Å². The van der Waals surface area contributed by atoms with E-state index in [2.05, 4.69) is 27.8 Å². The number of aryl methyl sites for hydroxylation is 1. The van der Waals surface area contributed by atoms with Gasteiger partial charge < -0.3 is 10.6 Å². The smallest absolute Gasteiger partial charge is 0.243 e. The highest BCUT2D eigenvalue weighted by atomic mass is 16.2. The Bertz CT molecular complexity index is 622. The largest absolute Gasteiger partial charge is 0.309 e. The molecule has 3 rings (SSSR count). The zero-order valence-electron chi connectivity index (χ0n) is 11.4. The van der Waals surface area contributed by atoms with E-state index < -0.39 is 0 Å². The quantitative estimate of drug-likeness (QED) is 0.875. The predicted molar refractivity (Wildman–Crippen MR) is 78.4 cm³/mol. The molecule has 0 spiro atoms. The Balaban J connectivity index is 1.68. The normalized spacial score (nSPS) is 17.4. The second-order valence-electron chi connectivity index (χ2n) is 5.12. The van der Waals surface area contributed by atoms with Gasteiger partial charge in [-0.3, -0.25) is 4.79 Å². The Labute approximate surface area is 118 Å². The number of hydrogen-bond donors (Lipinski definition) is 2. The number of nitrogens with zero attached hydrogens (tertiary/aromatic N) is 1. The van der Waals surface area contributed by atoms with Gasteiger partial charge in [0.05, 0.1) is 6.04 Å². The molecule has 0 bridgehead atoms. The van der Waals surface area contributed by atoms with E-state index in [1.54, 1.807) is 6.20 Å². The van der Waals surface area contributed by atoms with Crippen LogP contribution in [-0.2, 0) is 17.8 Å². The SMILES string of the molecule is Cc1ccc(NC(=O)[C@@H]2Cc3ccccc3CN2)nc1.